The monoisotopic (exact) mass is 281 g/mol. The molecule has 0 aliphatic carbocycles. The highest BCUT2D eigenvalue weighted by atomic mass is 32.2. The number of amides is 2. The normalized spacial score (nSPS) is 15.6. The van der Waals surface area contributed by atoms with Crippen molar-refractivity contribution < 1.29 is 19.1 Å². The van der Waals surface area contributed by atoms with E-state index >= 15 is 0 Å². The molecule has 0 radical (unpaired) electrons. The fraction of sp³-hybridized carbons (Fsp3) is 0.231. The first-order chi connectivity index (χ1) is 9.06. The van der Waals surface area contributed by atoms with Crippen LogP contribution < -0.4 is 0 Å². The summed E-state index contributed by atoms with van der Waals surface area (Å²) in [6.45, 7) is -0.0873. The maximum Gasteiger partial charge on any atom is 0.267 e. The molecule has 2 amide bonds. The Balaban J connectivity index is 2.46. The molecule has 0 atom stereocenters. The number of aliphatic hydroxyl groups is 1. The van der Waals surface area contributed by atoms with Gasteiger partial charge >= 0.3 is 0 Å². The summed E-state index contributed by atoms with van der Waals surface area (Å²) in [4.78, 5) is 25.3. The lowest BCUT2D eigenvalue weighted by atomic mass is 10.1. The molecule has 0 saturated heterocycles. The number of imide groups is 1. The second kappa shape index (κ2) is 5.54. The SMILES string of the molecule is CN1C(=O)C(SCCO)=C(c2ccc(F)cc2)C1=O. The fourth-order valence-corrected chi connectivity index (χ4v) is 2.67. The quantitative estimate of drug-likeness (QED) is 0.844. The Kier molecular flexibility index (Phi) is 4.01. The first-order valence-corrected chi connectivity index (χ1v) is 6.61. The van der Waals surface area contributed by atoms with Crippen molar-refractivity contribution in [3.8, 4) is 0 Å². The Hall–Kier alpha value is -1.66. The summed E-state index contributed by atoms with van der Waals surface area (Å²) in [7, 11) is 1.40. The summed E-state index contributed by atoms with van der Waals surface area (Å²) < 4.78 is 12.9. The Labute approximate surface area is 113 Å². The van der Waals surface area contributed by atoms with Crippen LogP contribution in [0.5, 0.6) is 0 Å². The van der Waals surface area contributed by atoms with Crippen LogP contribution in [0.1, 0.15) is 5.56 Å². The molecule has 0 fully saturated rings. The van der Waals surface area contributed by atoms with Gasteiger partial charge in [-0.1, -0.05) is 12.1 Å². The number of hydrogen-bond acceptors (Lipinski definition) is 4. The van der Waals surface area contributed by atoms with Crippen molar-refractivity contribution in [3.63, 3.8) is 0 Å². The van der Waals surface area contributed by atoms with Crippen molar-refractivity contribution in [2.75, 3.05) is 19.4 Å². The number of thioether (sulfide) groups is 1. The van der Waals surface area contributed by atoms with Gasteiger partial charge in [0.25, 0.3) is 11.8 Å². The van der Waals surface area contributed by atoms with Crippen molar-refractivity contribution in [2.45, 2.75) is 0 Å². The summed E-state index contributed by atoms with van der Waals surface area (Å²) in [5.41, 5.74) is 0.774. The van der Waals surface area contributed by atoms with Gasteiger partial charge in [0, 0.05) is 12.8 Å². The number of aliphatic hydroxyl groups excluding tert-OH is 1. The molecule has 6 heteroatoms. The molecule has 1 aliphatic rings. The third kappa shape index (κ3) is 2.54. The highest BCUT2D eigenvalue weighted by Crippen LogP contribution is 2.35. The van der Waals surface area contributed by atoms with Gasteiger partial charge in [-0.2, -0.15) is 0 Å². The van der Waals surface area contributed by atoms with E-state index in [0.29, 0.717) is 16.2 Å². The Morgan fingerprint density at radius 2 is 1.84 bits per heavy atom. The molecule has 1 heterocycles. The zero-order chi connectivity index (χ0) is 14.0. The number of halogens is 1. The number of likely N-dealkylation sites (N-methyl/N-ethyl adjacent to an activating group) is 1. The van der Waals surface area contributed by atoms with E-state index in [4.69, 9.17) is 5.11 Å². The molecule has 1 aromatic carbocycles. The van der Waals surface area contributed by atoms with E-state index in [9.17, 15) is 14.0 Å². The average Bonchev–Trinajstić information content (AvgIpc) is 2.62. The predicted molar refractivity (Wildman–Crippen MR) is 70.6 cm³/mol. The second-order valence-corrected chi connectivity index (χ2v) is 5.06. The lowest BCUT2D eigenvalue weighted by Gasteiger charge is -2.06. The van der Waals surface area contributed by atoms with Gasteiger partial charge in [0.1, 0.15) is 5.82 Å². The molecule has 19 heavy (non-hydrogen) atoms. The Morgan fingerprint density at radius 1 is 1.21 bits per heavy atom. The van der Waals surface area contributed by atoms with Crippen LogP contribution in [0.25, 0.3) is 5.57 Å². The number of rotatable bonds is 4. The lowest BCUT2D eigenvalue weighted by Crippen LogP contribution is -2.26. The first kappa shape index (κ1) is 13.8. The number of carbonyl (C=O) groups is 2. The molecule has 0 spiro atoms. The maximum absolute atomic E-state index is 12.9. The first-order valence-electron chi connectivity index (χ1n) is 5.62. The minimum absolute atomic E-state index is 0.0873. The molecule has 2 rings (SSSR count). The second-order valence-electron chi connectivity index (χ2n) is 3.95. The molecule has 4 nitrogen and oxygen atoms in total. The highest BCUT2D eigenvalue weighted by molar-refractivity contribution is 8.04. The number of carbonyl (C=O) groups excluding carboxylic acids is 2. The van der Waals surface area contributed by atoms with Crippen molar-refractivity contribution >= 4 is 29.1 Å². The topological polar surface area (TPSA) is 57.6 Å². The van der Waals surface area contributed by atoms with Crippen LogP contribution in [0.3, 0.4) is 0 Å². The molecule has 0 unspecified atom stereocenters. The molecule has 1 N–H and O–H groups in total. The largest absolute Gasteiger partial charge is 0.396 e. The van der Waals surface area contributed by atoms with Crippen molar-refractivity contribution in [1.82, 2.24) is 4.90 Å². The molecular formula is C13H12FNO3S. The standard InChI is InChI=1S/C13H12FNO3S/c1-15-12(17)10(8-2-4-9(14)5-3-8)11(13(15)18)19-7-6-16/h2-5,16H,6-7H2,1H3. The molecular weight excluding hydrogens is 269 g/mol. The zero-order valence-electron chi connectivity index (χ0n) is 10.2. The van der Waals surface area contributed by atoms with E-state index in [1.807, 2.05) is 0 Å². The zero-order valence-corrected chi connectivity index (χ0v) is 11.0. The Bertz CT molecular complexity index is 554. The van der Waals surface area contributed by atoms with Crippen molar-refractivity contribution in [3.05, 3.63) is 40.6 Å². The van der Waals surface area contributed by atoms with E-state index in [0.717, 1.165) is 16.7 Å². The van der Waals surface area contributed by atoms with Crippen LogP contribution in [-0.4, -0.2) is 41.2 Å². The van der Waals surface area contributed by atoms with E-state index in [1.54, 1.807) is 0 Å². The average molecular weight is 281 g/mol. The third-order valence-corrected chi connectivity index (χ3v) is 3.77. The van der Waals surface area contributed by atoms with Gasteiger partial charge in [-0.25, -0.2) is 4.39 Å². The summed E-state index contributed by atoms with van der Waals surface area (Å²) >= 11 is 1.13. The van der Waals surface area contributed by atoms with E-state index in [-0.39, 0.29) is 18.1 Å². The van der Waals surface area contributed by atoms with Gasteiger partial charge in [0.2, 0.25) is 0 Å². The third-order valence-electron chi connectivity index (χ3n) is 2.72. The summed E-state index contributed by atoms with van der Waals surface area (Å²) in [6.07, 6.45) is 0. The fourth-order valence-electron chi connectivity index (χ4n) is 1.77. The number of benzene rings is 1. The predicted octanol–water partition coefficient (Wildman–Crippen LogP) is 1.26. The minimum atomic E-state index is -0.406. The maximum atomic E-state index is 12.9. The minimum Gasteiger partial charge on any atom is -0.396 e. The smallest absolute Gasteiger partial charge is 0.267 e. The van der Waals surface area contributed by atoms with E-state index in [2.05, 4.69) is 0 Å². The van der Waals surface area contributed by atoms with E-state index in [1.165, 1.54) is 31.3 Å². The van der Waals surface area contributed by atoms with Gasteiger partial charge in [0.15, 0.2) is 0 Å². The summed E-state index contributed by atoms with van der Waals surface area (Å²) in [5.74, 6) is -0.869. The van der Waals surface area contributed by atoms with E-state index < -0.39 is 11.7 Å². The van der Waals surface area contributed by atoms with Crippen LogP contribution in [0.4, 0.5) is 4.39 Å². The molecule has 0 saturated carbocycles. The van der Waals surface area contributed by atoms with Crippen LogP contribution in [0, 0.1) is 5.82 Å². The molecule has 1 aromatic rings. The molecule has 0 bridgehead atoms. The van der Waals surface area contributed by atoms with Crippen LogP contribution >= 0.6 is 11.8 Å². The van der Waals surface area contributed by atoms with Gasteiger partial charge in [-0.15, -0.1) is 11.8 Å². The lowest BCUT2D eigenvalue weighted by molar-refractivity contribution is -0.134. The van der Waals surface area contributed by atoms with Gasteiger partial charge < -0.3 is 5.11 Å². The van der Waals surface area contributed by atoms with Gasteiger partial charge in [0.05, 0.1) is 17.1 Å². The van der Waals surface area contributed by atoms with Crippen LogP contribution in [0.15, 0.2) is 29.2 Å². The van der Waals surface area contributed by atoms with Gasteiger partial charge in [-0.3, -0.25) is 14.5 Å². The van der Waals surface area contributed by atoms with Crippen molar-refractivity contribution in [2.24, 2.45) is 0 Å². The van der Waals surface area contributed by atoms with Crippen LogP contribution in [0.2, 0.25) is 0 Å². The molecule has 100 valence electrons. The Morgan fingerprint density at radius 3 is 2.42 bits per heavy atom. The summed E-state index contributed by atoms with van der Waals surface area (Å²) in [6, 6.07) is 5.42. The summed E-state index contributed by atoms with van der Waals surface area (Å²) in [5, 5.41) is 8.84. The molecule has 1 aliphatic heterocycles. The number of nitrogens with zero attached hydrogens (tertiary/aromatic N) is 1. The molecule has 0 aromatic heterocycles. The highest BCUT2D eigenvalue weighted by Gasteiger charge is 2.36. The van der Waals surface area contributed by atoms with Gasteiger partial charge in [-0.05, 0) is 17.7 Å². The van der Waals surface area contributed by atoms with Crippen LogP contribution in [-0.2, 0) is 9.59 Å². The van der Waals surface area contributed by atoms with Crippen molar-refractivity contribution in [1.29, 1.82) is 0 Å². The number of hydrogen-bond donors (Lipinski definition) is 1.